The minimum absolute atomic E-state index is 0.00186. The zero-order valence-corrected chi connectivity index (χ0v) is 10.0. The summed E-state index contributed by atoms with van der Waals surface area (Å²) in [6.07, 6.45) is 3.98. The average molecular weight is 233 g/mol. The molecule has 0 aromatic rings. The van der Waals surface area contributed by atoms with Crippen molar-refractivity contribution in [3.63, 3.8) is 0 Å². The van der Waals surface area contributed by atoms with E-state index < -0.39 is 6.09 Å². The van der Waals surface area contributed by atoms with Crippen LogP contribution in [-0.2, 0) is 9.47 Å². The summed E-state index contributed by atoms with van der Waals surface area (Å²) in [6.45, 7) is 3.72. The van der Waals surface area contributed by atoms with Gasteiger partial charge in [-0.05, 0) is 6.42 Å². The molecule has 1 amide bonds. The summed E-state index contributed by atoms with van der Waals surface area (Å²) >= 11 is 0. The summed E-state index contributed by atoms with van der Waals surface area (Å²) in [6, 6.07) is 0. The number of hydrogen-bond donors (Lipinski definition) is 2. The largest absolute Gasteiger partial charge is 0.450 e. The number of carbonyl (C=O) groups is 1. The van der Waals surface area contributed by atoms with Gasteiger partial charge in [-0.1, -0.05) is 26.2 Å². The Labute approximate surface area is 97.1 Å². The quantitative estimate of drug-likeness (QED) is 0.558. The number of amides is 1. The lowest BCUT2D eigenvalue weighted by molar-refractivity contribution is 0.0906. The highest BCUT2D eigenvalue weighted by molar-refractivity contribution is 5.66. The van der Waals surface area contributed by atoms with Gasteiger partial charge in [-0.25, -0.2) is 4.79 Å². The van der Waals surface area contributed by atoms with Crippen LogP contribution in [0.2, 0.25) is 0 Å². The Bertz CT molecular complexity index is 148. The third kappa shape index (κ3) is 11.3. The van der Waals surface area contributed by atoms with Crippen molar-refractivity contribution in [2.24, 2.45) is 0 Å². The Hall–Kier alpha value is -0.810. The molecule has 0 aliphatic rings. The van der Waals surface area contributed by atoms with Gasteiger partial charge in [-0.2, -0.15) is 0 Å². The van der Waals surface area contributed by atoms with Crippen molar-refractivity contribution in [1.82, 2.24) is 5.32 Å². The Morgan fingerprint density at radius 2 is 2.00 bits per heavy atom. The standard InChI is InChI=1S/C11H23NO4/c1-2-3-4-5-8-16-11(14)12-6-9-15-10-7-13/h13H,2-10H2,1H3,(H,12,14). The highest BCUT2D eigenvalue weighted by Gasteiger charge is 1.99. The average Bonchev–Trinajstić information content (AvgIpc) is 2.28. The normalized spacial score (nSPS) is 10.1. The molecule has 0 bridgehead atoms. The van der Waals surface area contributed by atoms with Gasteiger partial charge < -0.3 is 19.9 Å². The summed E-state index contributed by atoms with van der Waals surface area (Å²) in [5.41, 5.74) is 0. The molecule has 0 aliphatic heterocycles. The molecule has 5 nitrogen and oxygen atoms in total. The maximum Gasteiger partial charge on any atom is 0.407 e. The predicted molar refractivity (Wildman–Crippen MR) is 61.4 cm³/mol. The second-order valence-corrected chi connectivity index (χ2v) is 3.46. The Morgan fingerprint density at radius 1 is 1.19 bits per heavy atom. The zero-order chi connectivity index (χ0) is 12.1. The SMILES string of the molecule is CCCCCCOC(=O)NCCOCCO. The van der Waals surface area contributed by atoms with E-state index in [1.807, 2.05) is 0 Å². The molecule has 0 fully saturated rings. The molecule has 0 atom stereocenters. The molecule has 0 unspecified atom stereocenters. The van der Waals surface area contributed by atoms with E-state index in [0.29, 0.717) is 26.4 Å². The molecule has 0 saturated carbocycles. The van der Waals surface area contributed by atoms with E-state index >= 15 is 0 Å². The lowest BCUT2D eigenvalue weighted by Gasteiger charge is -2.06. The van der Waals surface area contributed by atoms with Crippen molar-refractivity contribution in [1.29, 1.82) is 0 Å². The molecule has 5 heteroatoms. The van der Waals surface area contributed by atoms with Gasteiger partial charge in [0.25, 0.3) is 0 Å². The predicted octanol–water partition coefficient (Wildman–Crippen LogP) is 1.30. The van der Waals surface area contributed by atoms with E-state index in [1.54, 1.807) is 0 Å². The highest BCUT2D eigenvalue weighted by Crippen LogP contribution is 1.98. The third-order valence-corrected chi connectivity index (χ3v) is 1.98. The summed E-state index contributed by atoms with van der Waals surface area (Å²) in [7, 11) is 0. The van der Waals surface area contributed by atoms with Crippen molar-refractivity contribution in [3.05, 3.63) is 0 Å². The molecule has 0 radical (unpaired) electrons. The maximum absolute atomic E-state index is 11.1. The summed E-state index contributed by atoms with van der Waals surface area (Å²) in [5.74, 6) is 0. The van der Waals surface area contributed by atoms with E-state index in [4.69, 9.17) is 14.6 Å². The fourth-order valence-electron chi connectivity index (χ4n) is 1.14. The lowest BCUT2D eigenvalue weighted by atomic mass is 10.2. The number of carbonyl (C=O) groups excluding carboxylic acids is 1. The molecule has 0 rings (SSSR count). The number of ether oxygens (including phenoxy) is 2. The molecular formula is C11H23NO4. The Morgan fingerprint density at radius 3 is 2.69 bits per heavy atom. The Balaban J connectivity index is 3.12. The first-order valence-electron chi connectivity index (χ1n) is 5.90. The topological polar surface area (TPSA) is 67.8 Å². The molecule has 0 saturated heterocycles. The first-order chi connectivity index (χ1) is 7.81. The minimum Gasteiger partial charge on any atom is -0.450 e. The first-order valence-corrected chi connectivity index (χ1v) is 5.90. The van der Waals surface area contributed by atoms with Crippen LogP contribution in [0.5, 0.6) is 0 Å². The summed E-state index contributed by atoms with van der Waals surface area (Å²) in [5, 5.41) is 11.0. The molecular weight excluding hydrogens is 210 g/mol. The number of nitrogens with one attached hydrogen (secondary N) is 1. The van der Waals surface area contributed by atoms with Gasteiger partial charge in [0.15, 0.2) is 0 Å². The van der Waals surface area contributed by atoms with Crippen LogP contribution >= 0.6 is 0 Å². The van der Waals surface area contributed by atoms with E-state index in [2.05, 4.69) is 12.2 Å². The molecule has 0 aliphatic carbocycles. The monoisotopic (exact) mass is 233 g/mol. The molecule has 0 aromatic carbocycles. The third-order valence-electron chi connectivity index (χ3n) is 1.98. The number of aliphatic hydroxyl groups excluding tert-OH is 1. The van der Waals surface area contributed by atoms with Crippen molar-refractivity contribution in [2.45, 2.75) is 32.6 Å². The number of hydrogen-bond acceptors (Lipinski definition) is 4. The molecule has 0 heterocycles. The zero-order valence-electron chi connectivity index (χ0n) is 10.0. The van der Waals surface area contributed by atoms with Crippen molar-refractivity contribution < 1.29 is 19.4 Å². The van der Waals surface area contributed by atoms with Gasteiger partial charge >= 0.3 is 6.09 Å². The van der Waals surface area contributed by atoms with Crippen LogP contribution in [0.4, 0.5) is 4.79 Å². The number of rotatable bonds is 10. The smallest absolute Gasteiger partial charge is 0.407 e. The van der Waals surface area contributed by atoms with Crippen molar-refractivity contribution in [2.75, 3.05) is 33.0 Å². The molecule has 96 valence electrons. The van der Waals surface area contributed by atoms with Crippen LogP contribution in [0, 0.1) is 0 Å². The van der Waals surface area contributed by atoms with Gasteiger partial charge in [0, 0.05) is 6.54 Å². The van der Waals surface area contributed by atoms with Crippen LogP contribution in [0.1, 0.15) is 32.6 Å². The fraction of sp³-hybridized carbons (Fsp3) is 0.909. The van der Waals surface area contributed by atoms with Gasteiger partial charge in [0.05, 0.1) is 26.4 Å². The lowest BCUT2D eigenvalue weighted by Crippen LogP contribution is -2.28. The van der Waals surface area contributed by atoms with E-state index in [-0.39, 0.29) is 6.61 Å². The van der Waals surface area contributed by atoms with Crippen LogP contribution in [0.3, 0.4) is 0 Å². The summed E-state index contributed by atoms with van der Waals surface area (Å²) in [4.78, 5) is 11.1. The second-order valence-electron chi connectivity index (χ2n) is 3.46. The van der Waals surface area contributed by atoms with Crippen LogP contribution in [0.25, 0.3) is 0 Å². The van der Waals surface area contributed by atoms with E-state index in [1.165, 1.54) is 12.8 Å². The number of alkyl carbamates (subject to hydrolysis) is 1. The number of unbranched alkanes of at least 4 members (excludes halogenated alkanes) is 3. The molecule has 16 heavy (non-hydrogen) atoms. The van der Waals surface area contributed by atoms with Crippen LogP contribution < -0.4 is 5.32 Å². The van der Waals surface area contributed by atoms with Crippen LogP contribution in [-0.4, -0.2) is 44.2 Å². The second kappa shape index (κ2) is 12.3. The number of aliphatic hydroxyl groups is 1. The van der Waals surface area contributed by atoms with Gasteiger partial charge in [0.2, 0.25) is 0 Å². The molecule has 0 spiro atoms. The Kier molecular flexibility index (Phi) is 11.6. The first kappa shape index (κ1) is 15.2. The van der Waals surface area contributed by atoms with E-state index in [9.17, 15) is 4.79 Å². The van der Waals surface area contributed by atoms with Gasteiger partial charge in [-0.3, -0.25) is 0 Å². The van der Waals surface area contributed by atoms with Crippen LogP contribution in [0.15, 0.2) is 0 Å². The van der Waals surface area contributed by atoms with Crippen molar-refractivity contribution >= 4 is 6.09 Å². The summed E-state index contributed by atoms with van der Waals surface area (Å²) < 4.78 is 9.91. The minimum atomic E-state index is -0.399. The fourth-order valence-corrected chi connectivity index (χ4v) is 1.14. The maximum atomic E-state index is 11.1. The molecule has 0 aromatic heterocycles. The van der Waals surface area contributed by atoms with Gasteiger partial charge in [0.1, 0.15) is 0 Å². The molecule has 2 N–H and O–H groups in total. The van der Waals surface area contributed by atoms with Crippen molar-refractivity contribution in [3.8, 4) is 0 Å². The highest BCUT2D eigenvalue weighted by atomic mass is 16.5. The van der Waals surface area contributed by atoms with E-state index in [0.717, 1.165) is 12.8 Å². The van der Waals surface area contributed by atoms with Gasteiger partial charge in [-0.15, -0.1) is 0 Å².